The van der Waals surface area contributed by atoms with Gasteiger partial charge in [0.1, 0.15) is 5.58 Å². The average Bonchev–Trinajstić information content (AvgIpc) is 3.09. The van der Waals surface area contributed by atoms with Gasteiger partial charge in [0.15, 0.2) is 5.78 Å². The van der Waals surface area contributed by atoms with Gasteiger partial charge in [0.25, 0.3) is 10.0 Å². The maximum absolute atomic E-state index is 12.6. The molecule has 2 aromatic carbocycles. The number of carbonyl (C=O) groups is 2. The first-order valence-electron chi connectivity index (χ1n) is 7.71. The number of anilines is 1. The molecular formula is C18H15NO6S. The summed E-state index contributed by atoms with van der Waals surface area (Å²) in [7, 11) is -3.85. The molecule has 0 spiro atoms. The number of furan rings is 1. The molecule has 7 nitrogen and oxygen atoms in total. The van der Waals surface area contributed by atoms with Crippen molar-refractivity contribution in [1.82, 2.24) is 0 Å². The van der Waals surface area contributed by atoms with E-state index in [1.807, 2.05) is 0 Å². The molecule has 0 atom stereocenters. The van der Waals surface area contributed by atoms with Crippen molar-refractivity contribution in [2.75, 3.05) is 4.72 Å². The summed E-state index contributed by atoms with van der Waals surface area (Å²) in [4.78, 5) is 22.4. The van der Waals surface area contributed by atoms with Gasteiger partial charge in [0.05, 0.1) is 23.3 Å². The second-order valence-electron chi connectivity index (χ2n) is 5.58. The number of nitrogens with one attached hydrogen (secondary N) is 1. The number of aliphatic carboxylic acids is 1. The van der Waals surface area contributed by atoms with Crippen LogP contribution in [0.2, 0.25) is 0 Å². The summed E-state index contributed by atoms with van der Waals surface area (Å²) in [6, 6.07) is 12.1. The third kappa shape index (κ3) is 3.75. The van der Waals surface area contributed by atoms with Gasteiger partial charge in [-0.05, 0) is 30.3 Å². The van der Waals surface area contributed by atoms with E-state index in [2.05, 4.69) is 4.72 Å². The Morgan fingerprint density at radius 1 is 1.00 bits per heavy atom. The number of Topliss-reactive ketones (excluding diaryl/α,β-unsaturated/α-hetero) is 1. The minimum Gasteiger partial charge on any atom is -0.481 e. The van der Waals surface area contributed by atoms with Crippen molar-refractivity contribution in [3.63, 3.8) is 0 Å². The summed E-state index contributed by atoms with van der Waals surface area (Å²) >= 11 is 0. The van der Waals surface area contributed by atoms with Crippen LogP contribution >= 0.6 is 0 Å². The fourth-order valence-electron chi connectivity index (χ4n) is 2.47. The van der Waals surface area contributed by atoms with Gasteiger partial charge in [0, 0.05) is 17.4 Å². The number of hydrogen-bond acceptors (Lipinski definition) is 5. The van der Waals surface area contributed by atoms with Crippen molar-refractivity contribution in [1.29, 1.82) is 0 Å². The lowest BCUT2D eigenvalue weighted by molar-refractivity contribution is -0.136. The quantitative estimate of drug-likeness (QED) is 0.614. The van der Waals surface area contributed by atoms with E-state index >= 15 is 0 Å². The van der Waals surface area contributed by atoms with Gasteiger partial charge in [-0.25, -0.2) is 8.42 Å². The average molecular weight is 373 g/mol. The smallest absolute Gasteiger partial charge is 0.303 e. The number of carbonyl (C=O) groups excluding carboxylic acids is 1. The molecule has 0 aliphatic heterocycles. The molecule has 0 bridgehead atoms. The summed E-state index contributed by atoms with van der Waals surface area (Å²) in [5.41, 5.74) is 1.21. The Balaban J connectivity index is 1.80. The predicted molar refractivity (Wildman–Crippen MR) is 94.7 cm³/mol. The molecule has 0 aliphatic rings. The van der Waals surface area contributed by atoms with E-state index in [0.717, 1.165) is 0 Å². The van der Waals surface area contributed by atoms with E-state index < -0.39 is 16.0 Å². The minimum atomic E-state index is -3.85. The molecule has 3 aromatic rings. The number of benzene rings is 2. The molecule has 0 fully saturated rings. The van der Waals surface area contributed by atoms with E-state index in [1.54, 1.807) is 24.3 Å². The van der Waals surface area contributed by atoms with Gasteiger partial charge in [-0.3, -0.25) is 14.3 Å². The molecule has 0 saturated carbocycles. The lowest BCUT2D eigenvalue weighted by Crippen LogP contribution is -2.13. The molecule has 2 N–H and O–H groups in total. The molecule has 134 valence electrons. The minimum absolute atomic E-state index is 0.00668. The number of hydrogen-bond donors (Lipinski definition) is 2. The number of ketones is 1. The van der Waals surface area contributed by atoms with E-state index in [-0.39, 0.29) is 29.1 Å². The van der Waals surface area contributed by atoms with Crippen molar-refractivity contribution in [3.8, 4) is 0 Å². The van der Waals surface area contributed by atoms with Crippen LogP contribution in [0.4, 0.5) is 5.69 Å². The zero-order valence-electron chi connectivity index (χ0n) is 13.5. The van der Waals surface area contributed by atoms with Crippen molar-refractivity contribution in [2.45, 2.75) is 17.7 Å². The summed E-state index contributed by atoms with van der Waals surface area (Å²) < 4.78 is 32.9. The van der Waals surface area contributed by atoms with E-state index in [9.17, 15) is 18.0 Å². The third-order valence-electron chi connectivity index (χ3n) is 3.79. The number of carboxylic acids is 1. The van der Waals surface area contributed by atoms with Crippen LogP contribution in [0, 0.1) is 0 Å². The highest BCUT2D eigenvalue weighted by atomic mass is 32.2. The summed E-state index contributed by atoms with van der Waals surface area (Å²) in [5.74, 6) is -1.41. The van der Waals surface area contributed by atoms with Crippen LogP contribution in [0.3, 0.4) is 0 Å². The largest absolute Gasteiger partial charge is 0.481 e. The highest BCUT2D eigenvalue weighted by Gasteiger charge is 2.17. The van der Waals surface area contributed by atoms with E-state index in [0.29, 0.717) is 16.7 Å². The first-order chi connectivity index (χ1) is 12.4. The highest BCUT2D eigenvalue weighted by molar-refractivity contribution is 7.92. The SMILES string of the molecule is O=C(O)CCC(=O)c1ccc(S(=O)(=O)Nc2cccc3occc23)cc1. The Morgan fingerprint density at radius 3 is 2.42 bits per heavy atom. The van der Waals surface area contributed by atoms with Crippen molar-refractivity contribution >= 4 is 38.4 Å². The molecule has 0 amide bonds. The second-order valence-corrected chi connectivity index (χ2v) is 7.27. The molecule has 0 radical (unpaired) electrons. The van der Waals surface area contributed by atoms with Crippen molar-refractivity contribution < 1.29 is 27.5 Å². The second kappa shape index (κ2) is 7.01. The summed E-state index contributed by atoms with van der Waals surface area (Å²) in [6.45, 7) is 0. The fraction of sp³-hybridized carbons (Fsp3) is 0.111. The van der Waals surface area contributed by atoms with Crippen LogP contribution in [0.1, 0.15) is 23.2 Å². The standard InChI is InChI=1S/C18H15NO6S/c20-16(8-9-18(21)22)12-4-6-13(7-5-12)26(23,24)19-15-2-1-3-17-14(15)10-11-25-17/h1-7,10-11,19H,8-9H2,(H,21,22). The number of sulfonamides is 1. The van der Waals surface area contributed by atoms with Crippen LogP contribution in [0.15, 0.2) is 64.1 Å². The maximum Gasteiger partial charge on any atom is 0.303 e. The molecule has 1 heterocycles. The van der Waals surface area contributed by atoms with Crippen LogP contribution in [0.5, 0.6) is 0 Å². The zero-order valence-corrected chi connectivity index (χ0v) is 14.3. The lowest BCUT2D eigenvalue weighted by Gasteiger charge is -2.09. The maximum atomic E-state index is 12.6. The zero-order chi connectivity index (χ0) is 18.7. The monoisotopic (exact) mass is 373 g/mol. The molecule has 0 saturated heterocycles. The van der Waals surface area contributed by atoms with Gasteiger partial charge in [-0.15, -0.1) is 0 Å². The lowest BCUT2D eigenvalue weighted by atomic mass is 10.1. The predicted octanol–water partition coefficient (Wildman–Crippen LogP) is 3.28. The van der Waals surface area contributed by atoms with E-state index in [1.165, 1.54) is 30.5 Å². The van der Waals surface area contributed by atoms with Gasteiger partial charge in [0.2, 0.25) is 0 Å². The third-order valence-corrected chi connectivity index (χ3v) is 5.17. The van der Waals surface area contributed by atoms with Gasteiger partial charge < -0.3 is 9.52 Å². The summed E-state index contributed by atoms with van der Waals surface area (Å²) in [5, 5.41) is 9.25. The normalized spacial score (nSPS) is 11.4. The molecule has 0 aliphatic carbocycles. The Labute approximate surface area is 149 Å². The molecule has 0 unspecified atom stereocenters. The Hall–Kier alpha value is -3.13. The number of carboxylic acid groups (broad SMARTS) is 1. The van der Waals surface area contributed by atoms with Crippen molar-refractivity contribution in [2.24, 2.45) is 0 Å². The van der Waals surface area contributed by atoms with Crippen molar-refractivity contribution in [3.05, 3.63) is 60.4 Å². The molecule has 1 aromatic heterocycles. The van der Waals surface area contributed by atoms with Crippen LogP contribution in [-0.2, 0) is 14.8 Å². The number of fused-ring (bicyclic) bond motifs is 1. The molecule has 3 rings (SSSR count). The Kier molecular flexibility index (Phi) is 4.77. The number of rotatable bonds is 7. The Morgan fingerprint density at radius 2 is 1.73 bits per heavy atom. The first-order valence-corrected chi connectivity index (χ1v) is 9.19. The van der Waals surface area contributed by atoms with E-state index in [4.69, 9.17) is 9.52 Å². The Bertz CT molecular complexity index is 1070. The molecular weight excluding hydrogens is 358 g/mol. The van der Waals surface area contributed by atoms with Crippen LogP contribution in [-0.4, -0.2) is 25.3 Å². The first kappa shape index (κ1) is 17.7. The van der Waals surface area contributed by atoms with Crippen LogP contribution in [0.25, 0.3) is 11.0 Å². The molecule has 26 heavy (non-hydrogen) atoms. The highest BCUT2D eigenvalue weighted by Crippen LogP contribution is 2.26. The van der Waals surface area contributed by atoms with Gasteiger partial charge >= 0.3 is 5.97 Å². The van der Waals surface area contributed by atoms with Gasteiger partial charge in [-0.1, -0.05) is 18.2 Å². The van der Waals surface area contributed by atoms with Gasteiger partial charge in [-0.2, -0.15) is 0 Å². The topological polar surface area (TPSA) is 114 Å². The fourth-order valence-corrected chi connectivity index (χ4v) is 3.55. The summed E-state index contributed by atoms with van der Waals surface area (Å²) in [6.07, 6.45) is 1.07. The molecule has 8 heteroatoms. The van der Waals surface area contributed by atoms with Crippen LogP contribution < -0.4 is 4.72 Å².